The molecule has 2 atom stereocenters. The Bertz CT molecular complexity index is 592. The van der Waals surface area contributed by atoms with Gasteiger partial charge in [-0.05, 0) is 36.4 Å². The van der Waals surface area contributed by atoms with Gasteiger partial charge >= 0.3 is 0 Å². The molecular weight excluding hydrogens is 322 g/mol. The van der Waals surface area contributed by atoms with Crippen LogP contribution in [0.1, 0.15) is 36.8 Å². The van der Waals surface area contributed by atoms with Gasteiger partial charge in [0.2, 0.25) is 0 Å². The zero-order valence-corrected chi connectivity index (χ0v) is 15.8. The van der Waals surface area contributed by atoms with Gasteiger partial charge in [-0.2, -0.15) is 0 Å². The Kier molecular flexibility index (Phi) is 7.24. The molecule has 2 aromatic rings. The molecule has 3 heteroatoms. The summed E-state index contributed by atoms with van der Waals surface area (Å²) in [6, 6.07) is 20.9. The quantitative estimate of drug-likeness (QED) is 0.780. The average Bonchev–Trinajstić information content (AvgIpc) is 2.67. The van der Waals surface area contributed by atoms with Crippen molar-refractivity contribution in [3.8, 4) is 0 Å². The van der Waals surface area contributed by atoms with Crippen LogP contribution in [-0.2, 0) is 4.74 Å². The smallest absolute Gasteiger partial charge is 0.0900 e. The minimum absolute atomic E-state index is 0.194. The molecule has 140 valence electrons. The zero-order valence-electron chi connectivity index (χ0n) is 15.8. The molecule has 1 saturated heterocycles. The SMILES string of the molecule is CC1CCCN(CC(O)COCC(c2ccccc2)c2ccccc2)C1. The number of piperidine rings is 1. The van der Waals surface area contributed by atoms with E-state index in [9.17, 15) is 5.11 Å². The van der Waals surface area contributed by atoms with Crippen molar-refractivity contribution in [2.24, 2.45) is 5.92 Å². The van der Waals surface area contributed by atoms with Crippen molar-refractivity contribution in [2.45, 2.75) is 31.8 Å². The topological polar surface area (TPSA) is 32.7 Å². The molecular formula is C23H31NO2. The maximum atomic E-state index is 10.4. The molecule has 0 saturated carbocycles. The monoisotopic (exact) mass is 353 g/mol. The summed E-state index contributed by atoms with van der Waals surface area (Å²) in [6.45, 7) is 6.17. The van der Waals surface area contributed by atoms with E-state index in [1.54, 1.807) is 0 Å². The van der Waals surface area contributed by atoms with Gasteiger partial charge in [-0.15, -0.1) is 0 Å². The molecule has 0 bridgehead atoms. The van der Waals surface area contributed by atoms with Gasteiger partial charge in [0.1, 0.15) is 0 Å². The Labute approximate surface area is 157 Å². The van der Waals surface area contributed by atoms with Crippen molar-refractivity contribution < 1.29 is 9.84 Å². The van der Waals surface area contributed by atoms with E-state index in [4.69, 9.17) is 4.74 Å². The van der Waals surface area contributed by atoms with E-state index < -0.39 is 6.10 Å². The highest BCUT2D eigenvalue weighted by Gasteiger charge is 2.20. The van der Waals surface area contributed by atoms with Crippen LogP contribution in [0, 0.1) is 5.92 Å². The molecule has 0 aliphatic carbocycles. The van der Waals surface area contributed by atoms with E-state index in [2.05, 4.69) is 60.4 Å². The highest BCUT2D eigenvalue weighted by Crippen LogP contribution is 2.25. The van der Waals surface area contributed by atoms with E-state index in [1.807, 2.05) is 12.1 Å². The van der Waals surface area contributed by atoms with Gasteiger partial charge in [0.25, 0.3) is 0 Å². The molecule has 0 radical (unpaired) electrons. The number of aliphatic hydroxyl groups is 1. The molecule has 0 amide bonds. The van der Waals surface area contributed by atoms with Crippen LogP contribution in [0.4, 0.5) is 0 Å². The second-order valence-corrected chi connectivity index (χ2v) is 7.57. The molecule has 1 heterocycles. The lowest BCUT2D eigenvalue weighted by Crippen LogP contribution is -2.40. The molecule has 1 aliphatic heterocycles. The maximum absolute atomic E-state index is 10.4. The Morgan fingerprint density at radius 1 is 1.00 bits per heavy atom. The Hall–Kier alpha value is -1.68. The van der Waals surface area contributed by atoms with Crippen LogP contribution in [0.5, 0.6) is 0 Å². The van der Waals surface area contributed by atoms with E-state index >= 15 is 0 Å². The summed E-state index contributed by atoms with van der Waals surface area (Å²) < 4.78 is 5.96. The predicted octanol–water partition coefficient (Wildman–Crippen LogP) is 3.93. The second kappa shape index (κ2) is 9.86. The molecule has 0 spiro atoms. The van der Waals surface area contributed by atoms with Gasteiger partial charge < -0.3 is 14.7 Å². The summed E-state index contributed by atoms with van der Waals surface area (Å²) in [6.07, 6.45) is 2.12. The van der Waals surface area contributed by atoms with Crippen molar-refractivity contribution in [1.29, 1.82) is 0 Å². The fraction of sp³-hybridized carbons (Fsp3) is 0.478. The van der Waals surface area contributed by atoms with E-state index in [0.717, 1.165) is 19.0 Å². The van der Waals surface area contributed by atoms with Crippen LogP contribution in [-0.4, -0.2) is 49.0 Å². The lowest BCUT2D eigenvalue weighted by atomic mass is 9.92. The van der Waals surface area contributed by atoms with Gasteiger partial charge in [-0.25, -0.2) is 0 Å². The standard InChI is InChI=1S/C23H31NO2/c1-19-9-8-14-24(15-19)16-22(25)17-26-18-23(20-10-4-2-5-11-20)21-12-6-3-7-13-21/h2-7,10-13,19,22-23,25H,8-9,14-18H2,1H3. The lowest BCUT2D eigenvalue weighted by Gasteiger charge is -2.32. The van der Waals surface area contributed by atoms with E-state index in [-0.39, 0.29) is 5.92 Å². The number of hydrogen-bond acceptors (Lipinski definition) is 3. The van der Waals surface area contributed by atoms with Crippen molar-refractivity contribution in [1.82, 2.24) is 4.90 Å². The van der Waals surface area contributed by atoms with Gasteiger partial charge in [0.05, 0.1) is 19.3 Å². The molecule has 2 unspecified atom stereocenters. The second-order valence-electron chi connectivity index (χ2n) is 7.57. The number of rotatable bonds is 8. The number of nitrogens with zero attached hydrogens (tertiary/aromatic N) is 1. The molecule has 1 N–H and O–H groups in total. The zero-order chi connectivity index (χ0) is 18.2. The van der Waals surface area contributed by atoms with Crippen LogP contribution in [0.15, 0.2) is 60.7 Å². The van der Waals surface area contributed by atoms with Crippen LogP contribution in [0.25, 0.3) is 0 Å². The maximum Gasteiger partial charge on any atom is 0.0900 e. The summed E-state index contributed by atoms with van der Waals surface area (Å²) in [7, 11) is 0. The summed E-state index contributed by atoms with van der Waals surface area (Å²) in [5.41, 5.74) is 2.50. The highest BCUT2D eigenvalue weighted by atomic mass is 16.5. The normalized spacial score (nSPS) is 19.6. The molecule has 0 aromatic heterocycles. The summed E-state index contributed by atoms with van der Waals surface area (Å²) in [5, 5.41) is 10.4. The molecule has 3 rings (SSSR count). The Morgan fingerprint density at radius 2 is 1.62 bits per heavy atom. The number of benzene rings is 2. The summed E-state index contributed by atoms with van der Waals surface area (Å²) in [4.78, 5) is 2.37. The van der Waals surface area contributed by atoms with E-state index in [0.29, 0.717) is 19.8 Å². The Morgan fingerprint density at radius 3 is 2.19 bits per heavy atom. The summed E-state index contributed by atoms with van der Waals surface area (Å²) >= 11 is 0. The van der Waals surface area contributed by atoms with Gasteiger partial charge in [0, 0.05) is 19.0 Å². The predicted molar refractivity (Wildman–Crippen MR) is 106 cm³/mol. The third kappa shape index (κ3) is 5.66. The van der Waals surface area contributed by atoms with Crippen LogP contribution in [0.3, 0.4) is 0 Å². The first kappa shape index (κ1) is 19.1. The van der Waals surface area contributed by atoms with Gasteiger partial charge in [-0.1, -0.05) is 67.6 Å². The molecule has 1 fully saturated rings. The Balaban J connectivity index is 1.53. The first-order valence-corrected chi connectivity index (χ1v) is 9.80. The number of likely N-dealkylation sites (tertiary alicyclic amines) is 1. The van der Waals surface area contributed by atoms with Crippen LogP contribution in [0.2, 0.25) is 0 Å². The number of hydrogen-bond donors (Lipinski definition) is 1. The van der Waals surface area contributed by atoms with Crippen molar-refractivity contribution >= 4 is 0 Å². The number of ether oxygens (including phenoxy) is 1. The first-order valence-electron chi connectivity index (χ1n) is 9.80. The fourth-order valence-electron chi connectivity index (χ4n) is 3.88. The number of aliphatic hydroxyl groups excluding tert-OH is 1. The number of β-amino-alcohol motifs (C(OH)–C–C–N with tert-alkyl or cyclic N) is 1. The minimum Gasteiger partial charge on any atom is -0.389 e. The van der Waals surface area contributed by atoms with E-state index in [1.165, 1.54) is 24.0 Å². The first-order chi connectivity index (χ1) is 12.7. The third-order valence-electron chi connectivity index (χ3n) is 5.21. The lowest BCUT2D eigenvalue weighted by molar-refractivity contribution is 0.00786. The van der Waals surface area contributed by atoms with Crippen molar-refractivity contribution in [2.75, 3.05) is 32.8 Å². The third-order valence-corrected chi connectivity index (χ3v) is 5.21. The summed E-state index contributed by atoms with van der Waals surface area (Å²) in [5.74, 6) is 0.928. The molecule has 1 aliphatic rings. The fourth-order valence-corrected chi connectivity index (χ4v) is 3.88. The van der Waals surface area contributed by atoms with Crippen LogP contribution < -0.4 is 0 Å². The van der Waals surface area contributed by atoms with Crippen molar-refractivity contribution in [3.05, 3.63) is 71.8 Å². The molecule has 3 nitrogen and oxygen atoms in total. The molecule has 26 heavy (non-hydrogen) atoms. The highest BCUT2D eigenvalue weighted by molar-refractivity contribution is 5.32. The minimum atomic E-state index is -0.424. The van der Waals surface area contributed by atoms with Gasteiger partial charge in [-0.3, -0.25) is 0 Å². The average molecular weight is 354 g/mol. The molecule has 2 aromatic carbocycles. The van der Waals surface area contributed by atoms with Crippen molar-refractivity contribution in [3.63, 3.8) is 0 Å². The largest absolute Gasteiger partial charge is 0.389 e. The van der Waals surface area contributed by atoms with Gasteiger partial charge in [0.15, 0.2) is 0 Å². The van der Waals surface area contributed by atoms with Crippen LogP contribution >= 0.6 is 0 Å².